The fourth-order valence-corrected chi connectivity index (χ4v) is 2.30. The van der Waals surface area contributed by atoms with E-state index < -0.39 is 4.87 Å². The molecule has 19 heavy (non-hydrogen) atoms. The average molecular weight is 288 g/mol. The topological polar surface area (TPSA) is 38.8 Å². The second-order valence-corrected chi connectivity index (χ2v) is 5.83. The summed E-state index contributed by atoms with van der Waals surface area (Å²) in [7, 11) is 1.58. The molecule has 0 spiro atoms. The molecule has 0 saturated carbocycles. The molecular weight excluding hydrogens is 266 g/mol. The Hall–Kier alpha value is -1.00. The lowest BCUT2D eigenvalue weighted by Crippen LogP contribution is -2.52. The molecule has 5 heteroatoms. The molecule has 0 saturated heterocycles. The van der Waals surface area contributed by atoms with Crippen molar-refractivity contribution in [1.82, 2.24) is 4.90 Å². The molecule has 0 aromatic rings. The molecule has 108 valence electrons. The van der Waals surface area contributed by atoms with Crippen LogP contribution in [-0.2, 0) is 14.3 Å². The smallest absolute Gasteiger partial charge is 0.221 e. The summed E-state index contributed by atoms with van der Waals surface area (Å²) in [6.45, 7) is 7.39. The monoisotopic (exact) mass is 287 g/mol. The number of alkyl halides is 1. The highest BCUT2D eigenvalue weighted by Gasteiger charge is 2.41. The molecule has 1 rings (SSSR count). The first-order chi connectivity index (χ1) is 8.79. The summed E-state index contributed by atoms with van der Waals surface area (Å²) in [5, 5.41) is 0. The van der Waals surface area contributed by atoms with Gasteiger partial charge in [0.05, 0.1) is 18.1 Å². The molecule has 0 heterocycles. The van der Waals surface area contributed by atoms with Gasteiger partial charge in [-0.15, -0.1) is 11.6 Å². The number of rotatable bonds is 5. The van der Waals surface area contributed by atoms with Crippen LogP contribution in [0.3, 0.4) is 0 Å². The van der Waals surface area contributed by atoms with Gasteiger partial charge in [-0.2, -0.15) is 0 Å². The summed E-state index contributed by atoms with van der Waals surface area (Å²) >= 11 is 6.51. The van der Waals surface area contributed by atoms with Gasteiger partial charge in [0.1, 0.15) is 18.5 Å². The van der Waals surface area contributed by atoms with E-state index in [0.717, 1.165) is 0 Å². The van der Waals surface area contributed by atoms with E-state index in [1.807, 2.05) is 39.0 Å². The molecule has 0 aromatic carbocycles. The Morgan fingerprint density at radius 2 is 2.21 bits per heavy atom. The highest BCUT2D eigenvalue weighted by molar-refractivity contribution is 6.26. The highest BCUT2D eigenvalue weighted by atomic mass is 35.5. The molecule has 0 N–H and O–H groups in total. The number of hydrogen-bond acceptors (Lipinski definition) is 3. The third-order valence-corrected chi connectivity index (χ3v) is 3.32. The fraction of sp³-hybridized carbons (Fsp3) is 0.643. The maximum Gasteiger partial charge on any atom is 0.221 e. The Balaban J connectivity index is 3.01. The molecule has 2 atom stereocenters. The van der Waals surface area contributed by atoms with Crippen LogP contribution in [0.5, 0.6) is 0 Å². The van der Waals surface area contributed by atoms with Crippen molar-refractivity contribution in [2.45, 2.75) is 44.7 Å². The Morgan fingerprint density at radius 1 is 1.58 bits per heavy atom. The molecule has 1 aliphatic rings. The molecule has 0 aromatic heterocycles. The predicted octanol–water partition coefficient (Wildman–Crippen LogP) is 2.68. The number of carbonyl (C=O) groups is 1. The van der Waals surface area contributed by atoms with E-state index >= 15 is 0 Å². The third-order valence-electron chi connectivity index (χ3n) is 2.99. The maximum atomic E-state index is 11.9. The van der Waals surface area contributed by atoms with Crippen LogP contribution in [0.15, 0.2) is 24.0 Å². The normalized spacial score (nSPS) is 26.3. The van der Waals surface area contributed by atoms with Crippen LogP contribution >= 0.6 is 11.6 Å². The average Bonchev–Trinajstić information content (AvgIpc) is 2.29. The van der Waals surface area contributed by atoms with Crippen LogP contribution in [0.2, 0.25) is 0 Å². The van der Waals surface area contributed by atoms with Crippen molar-refractivity contribution in [3.8, 4) is 0 Å². The molecule has 1 aliphatic carbocycles. The standard InChI is InChI=1S/C14H22ClNO3/c1-10(2)19-9-16(11(3)17)13-12(18-5)7-6-8-14(13,4)15/h6-8,10,13H,9H2,1-5H3. The Bertz CT molecular complexity index is 388. The van der Waals surface area contributed by atoms with Gasteiger partial charge in [-0.3, -0.25) is 4.79 Å². The van der Waals surface area contributed by atoms with Crippen LogP contribution in [-0.4, -0.2) is 41.7 Å². The van der Waals surface area contributed by atoms with Crippen molar-refractivity contribution in [3.05, 3.63) is 24.0 Å². The Labute approximate surface area is 120 Å². The minimum atomic E-state index is -0.716. The molecule has 4 nitrogen and oxygen atoms in total. The van der Waals surface area contributed by atoms with Crippen molar-refractivity contribution < 1.29 is 14.3 Å². The van der Waals surface area contributed by atoms with E-state index in [2.05, 4.69) is 0 Å². The van der Waals surface area contributed by atoms with Crippen LogP contribution in [0.1, 0.15) is 27.7 Å². The zero-order valence-corrected chi connectivity index (χ0v) is 12.9. The van der Waals surface area contributed by atoms with Crippen LogP contribution in [0.25, 0.3) is 0 Å². The molecule has 0 fully saturated rings. The van der Waals surface area contributed by atoms with Crippen LogP contribution in [0, 0.1) is 0 Å². The van der Waals surface area contributed by atoms with Gasteiger partial charge in [0.2, 0.25) is 5.91 Å². The van der Waals surface area contributed by atoms with Gasteiger partial charge in [0, 0.05) is 6.92 Å². The van der Waals surface area contributed by atoms with E-state index in [4.69, 9.17) is 21.1 Å². The largest absolute Gasteiger partial charge is 0.499 e. The summed E-state index contributed by atoms with van der Waals surface area (Å²) in [6, 6.07) is -0.375. The number of nitrogens with zero attached hydrogens (tertiary/aromatic N) is 1. The van der Waals surface area contributed by atoms with E-state index in [1.165, 1.54) is 6.92 Å². The Kier molecular flexibility index (Phi) is 5.44. The van der Waals surface area contributed by atoms with Crippen molar-refractivity contribution in [3.63, 3.8) is 0 Å². The van der Waals surface area contributed by atoms with E-state index in [0.29, 0.717) is 5.76 Å². The first-order valence-corrected chi connectivity index (χ1v) is 6.68. The molecule has 2 unspecified atom stereocenters. The number of hydrogen-bond donors (Lipinski definition) is 0. The second-order valence-electron chi connectivity index (χ2n) is 5.02. The second kappa shape index (κ2) is 6.44. The van der Waals surface area contributed by atoms with E-state index in [9.17, 15) is 4.79 Å². The van der Waals surface area contributed by atoms with Crippen LogP contribution in [0.4, 0.5) is 0 Å². The van der Waals surface area contributed by atoms with Gasteiger partial charge in [-0.05, 0) is 26.8 Å². The lowest BCUT2D eigenvalue weighted by molar-refractivity contribution is -0.140. The number of methoxy groups -OCH3 is 1. The number of allylic oxidation sites excluding steroid dienone is 2. The quantitative estimate of drug-likeness (QED) is 0.576. The van der Waals surface area contributed by atoms with E-state index in [1.54, 1.807) is 12.0 Å². The summed E-state index contributed by atoms with van der Waals surface area (Å²) in [6.07, 6.45) is 5.55. The van der Waals surface area contributed by atoms with Crippen LogP contribution < -0.4 is 0 Å². The van der Waals surface area contributed by atoms with Crippen molar-refractivity contribution in [2.75, 3.05) is 13.8 Å². The molecule has 0 radical (unpaired) electrons. The summed E-state index contributed by atoms with van der Waals surface area (Å²) < 4.78 is 10.9. The fourth-order valence-electron chi connectivity index (χ4n) is 2.01. The zero-order chi connectivity index (χ0) is 14.6. The molecule has 1 amide bonds. The molecule has 0 bridgehead atoms. The van der Waals surface area contributed by atoms with Gasteiger partial charge >= 0.3 is 0 Å². The van der Waals surface area contributed by atoms with Gasteiger partial charge in [0.15, 0.2) is 0 Å². The predicted molar refractivity (Wildman–Crippen MR) is 75.9 cm³/mol. The highest BCUT2D eigenvalue weighted by Crippen LogP contribution is 2.34. The third kappa shape index (κ3) is 3.98. The number of ether oxygens (including phenoxy) is 2. The van der Waals surface area contributed by atoms with Gasteiger partial charge in [0.25, 0.3) is 0 Å². The SMILES string of the molecule is COC1=CC=CC(C)(Cl)C1N(COC(C)C)C(C)=O. The molecular formula is C14H22ClNO3. The van der Waals surface area contributed by atoms with Gasteiger partial charge < -0.3 is 14.4 Å². The summed E-state index contributed by atoms with van der Waals surface area (Å²) in [5.41, 5.74) is 0. The zero-order valence-electron chi connectivity index (χ0n) is 12.1. The van der Waals surface area contributed by atoms with E-state index in [-0.39, 0.29) is 24.8 Å². The summed E-state index contributed by atoms with van der Waals surface area (Å²) in [5.74, 6) is 0.554. The number of amides is 1. The first kappa shape index (κ1) is 16.1. The lowest BCUT2D eigenvalue weighted by atomic mass is 9.93. The van der Waals surface area contributed by atoms with Crippen molar-refractivity contribution in [2.24, 2.45) is 0 Å². The van der Waals surface area contributed by atoms with Gasteiger partial charge in [-0.1, -0.05) is 12.2 Å². The van der Waals surface area contributed by atoms with Gasteiger partial charge in [-0.25, -0.2) is 0 Å². The first-order valence-electron chi connectivity index (χ1n) is 6.30. The minimum absolute atomic E-state index is 0.0394. The van der Waals surface area contributed by atoms with Crippen molar-refractivity contribution >= 4 is 17.5 Å². The Morgan fingerprint density at radius 3 is 2.68 bits per heavy atom. The maximum absolute atomic E-state index is 11.9. The minimum Gasteiger partial charge on any atom is -0.499 e. The number of carbonyl (C=O) groups excluding carboxylic acids is 1. The molecule has 0 aliphatic heterocycles. The lowest BCUT2D eigenvalue weighted by Gasteiger charge is -2.40. The summed E-state index contributed by atoms with van der Waals surface area (Å²) in [4.78, 5) is 12.8. The van der Waals surface area contributed by atoms with Crippen molar-refractivity contribution in [1.29, 1.82) is 0 Å². The number of halogens is 1.